The lowest BCUT2D eigenvalue weighted by atomic mass is 9.85. The van der Waals surface area contributed by atoms with E-state index in [1.54, 1.807) is 12.1 Å². The van der Waals surface area contributed by atoms with Gasteiger partial charge in [0.25, 0.3) is 23.4 Å². The van der Waals surface area contributed by atoms with E-state index in [4.69, 9.17) is 4.18 Å². The number of non-ortho nitro benzene ring substituents is 1. The number of hydrogen-bond acceptors (Lipinski definition) is 9. The number of rotatable bonds is 9. The summed E-state index contributed by atoms with van der Waals surface area (Å²) in [6.07, 6.45) is 4.47. The quantitative estimate of drug-likeness (QED) is 0.0872. The van der Waals surface area contributed by atoms with E-state index in [-0.39, 0.29) is 39.3 Å². The molecular weight excluding hydrogens is 590 g/mol. The van der Waals surface area contributed by atoms with Crippen LogP contribution in [0.2, 0.25) is 0 Å². The molecule has 6 rings (SSSR count). The van der Waals surface area contributed by atoms with Gasteiger partial charge in [0.2, 0.25) is 0 Å². The zero-order valence-corrected chi connectivity index (χ0v) is 24.0. The summed E-state index contributed by atoms with van der Waals surface area (Å²) in [5.74, 6) is -4.26. The molecule has 1 aliphatic heterocycles. The van der Waals surface area contributed by atoms with Crippen LogP contribution < -0.4 is 4.18 Å². The van der Waals surface area contributed by atoms with E-state index < -0.39 is 56.9 Å². The Bertz CT molecular complexity index is 1810. The molecule has 12 nitrogen and oxygen atoms in total. The summed E-state index contributed by atoms with van der Waals surface area (Å²) in [5.41, 5.74) is 0.610. The number of hydrazine groups is 1. The number of aryl methyl sites for hydroxylation is 1. The number of hydrogen-bond donors (Lipinski definition) is 0. The van der Waals surface area contributed by atoms with Gasteiger partial charge in [0.15, 0.2) is 5.78 Å². The van der Waals surface area contributed by atoms with Crippen molar-refractivity contribution in [2.24, 2.45) is 23.7 Å². The molecule has 0 spiro atoms. The molecule has 0 aromatic heterocycles. The molecular formula is C31H25N3O9S. The summed E-state index contributed by atoms with van der Waals surface area (Å²) in [4.78, 5) is 64.6. The Kier molecular flexibility index (Phi) is 7.12. The fourth-order valence-electron chi connectivity index (χ4n) is 6.04. The van der Waals surface area contributed by atoms with Crippen molar-refractivity contribution in [1.29, 1.82) is 0 Å². The summed E-state index contributed by atoms with van der Waals surface area (Å²) in [5, 5.41) is 12.6. The van der Waals surface area contributed by atoms with Crippen LogP contribution in [-0.4, -0.2) is 53.4 Å². The van der Waals surface area contributed by atoms with Gasteiger partial charge in [-0.25, -0.2) is 5.01 Å². The molecule has 0 unspecified atom stereocenters. The van der Waals surface area contributed by atoms with Gasteiger partial charge in [-0.3, -0.25) is 29.3 Å². The van der Waals surface area contributed by atoms with Crippen LogP contribution in [0.5, 0.6) is 5.75 Å². The maximum absolute atomic E-state index is 13.7. The largest absolute Gasteiger partial charge is 0.379 e. The lowest BCUT2D eigenvalue weighted by molar-refractivity contribution is -0.384. The molecule has 3 aromatic carbocycles. The molecule has 3 aromatic rings. The normalized spacial score (nSPS) is 21.8. The van der Waals surface area contributed by atoms with Crippen LogP contribution in [0.1, 0.15) is 32.7 Å². The molecule has 4 atom stereocenters. The van der Waals surface area contributed by atoms with Crippen LogP contribution in [0.3, 0.4) is 0 Å². The van der Waals surface area contributed by atoms with Gasteiger partial charge in [-0.15, -0.1) is 0 Å². The van der Waals surface area contributed by atoms with E-state index >= 15 is 0 Å². The highest BCUT2D eigenvalue weighted by atomic mass is 32.2. The fourth-order valence-corrected chi connectivity index (χ4v) is 6.97. The number of allylic oxidation sites excluding steroid dienone is 2. The second kappa shape index (κ2) is 10.8. The first-order chi connectivity index (χ1) is 20.9. The molecule has 1 saturated heterocycles. The number of Topliss-reactive ketones (excluding diaryl/α,β-unsaturated/α-hetero) is 1. The fraction of sp³-hybridized carbons (Fsp3) is 0.226. The number of fused-ring (bicyclic) bond motifs is 5. The Morgan fingerprint density at radius 3 is 1.98 bits per heavy atom. The molecule has 3 aliphatic rings. The molecule has 0 N–H and O–H groups in total. The molecule has 2 bridgehead atoms. The van der Waals surface area contributed by atoms with Crippen molar-refractivity contribution in [1.82, 2.24) is 10.0 Å². The zero-order chi connectivity index (χ0) is 31.3. The monoisotopic (exact) mass is 615 g/mol. The summed E-state index contributed by atoms with van der Waals surface area (Å²) in [7, 11) is -4.13. The van der Waals surface area contributed by atoms with E-state index in [0.717, 1.165) is 27.7 Å². The third-order valence-corrected chi connectivity index (χ3v) is 9.49. The zero-order valence-electron chi connectivity index (χ0n) is 23.2. The maximum Gasteiger partial charge on any atom is 0.339 e. The van der Waals surface area contributed by atoms with Crippen molar-refractivity contribution < 1.29 is 36.7 Å². The van der Waals surface area contributed by atoms with Gasteiger partial charge < -0.3 is 4.18 Å². The van der Waals surface area contributed by atoms with Crippen molar-refractivity contribution in [3.05, 3.63) is 112 Å². The topological polar surface area (TPSA) is 161 Å². The van der Waals surface area contributed by atoms with Crippen LogP contribution in [0, 0.1) is 40.7 Å². The van der Waals surface area contributed by atoms with Crippen molar-refractivity contribution in [3.63, 3.8) is 0 Å². The summed E-state index contributed by atoms with van der Waals surface area (Å²) in [6, 6.07) is 15.9. The van der Waals surface area contributed by atoms with Crippen molar-refractivity contribution in [3.8, 4) is 5.75 Å². The summed E-state index contributed by atoms with van der Waals surface area (Å²) in [6.45, 7) is 1.12. The van der Waals surface area contributed by atoms with Crippen LogP contribution in [0.25, 0.3) is 0 Å². The number of nitro benzene ring substituents is 1. The van der Waals surface area contributed by atoms with Gasteiger partial charge >= 0.3 is 10.1 Å². The molecule has 224 valence electrons. The van der Waals surface area contributed by atoms with Crippen molar-refractivity contribution in [2.45, 2.75) is 18.2 Å². The minimum Gasteiger partial charge on any atom is -0.379 e. The average Bonchev–Trinajstić information content (AvgIpc) is 3.69. The third kappa shape index (κ3) is 5.04. The Hall–Kier alpha value is -5.17. The SMILES string of the molecule is Cc1ccc(S(=O)(=O)Oc2ccc(C(=O)CN(C(=O)c3ccc([N+](=O)[O-])cc3)N3C(=O)[C@@H]4[C@H](C3=O)[C@H]3C=C[C@H]4C3)cc2)cc1. The standard InChI is InChI=1S/C31H25N3O9S/c1-18-2-14-25(15-3-18)44(41,42)43-24-12-8-19(9-13-24)26(35)17-32(29(36)20-6-10-23(11-7-20)34(39)40)33-30(37)27-21-4-5-22(16-21)28(27)31(33)38/h2-15,21-22,27-28H,16-17H2,1H3/t21-,22-,27-,28+/m0/s1. The first-order valence-electron chi connectivity index (χ1n) is 13.7. The van der Waals surface area contributed by atoms with E-state index in [2.05, 4.69) is 0 Å². The van der Waals surface area contributed by atoms with Crippen LogP contribution >= 0.6 is 0 Å². The van der Waals surface area contributed by atoms with Crippen molar-refractivity contribution >= 4 is 39.3 Å². The minimum absolute atomic E-state index is 0.0444. The van der Waals surface area contributed by atoms with Gasteiger partial charge in [0.05, 0.1) is 16.8 Å². The lowest BCUT2D eigenvalue weighted by Gasteiger charge is -2.30. The predicted octanol–water partition coefficient (Wildman–Crippen LogP) is 3.72. The summed E-state index contributed by atoms with van der Waals surface area (Å²) >= 11 is 0. The number of nitro groups is 1. The molecule has 2 fully saturated rings. The van der Waals surface area contributed by atoms with Crippen LogP contribution in [-0.2, 0) is 19.7 Å². The first-order valence-corrected chi connectivity index (χ1v) is 15.1. The first kappa shape index (κ1) is 28.9. The second-order valence-corrected chi connectivity index (χ2v) is 12.5. The van der Waals surface area contributed by atoms with Crippen molar-refractivity contribution in [2.75, 3.05) is 6.54 Å². The molecule has 2 aliphatic carbocycles. The Balaban J connectivity index is 1.25. The number of benzene rings is 3. The number of ketones is 1. The lowest BCUT2D eigenvalue weighted by Crippen LogP contribution is -2.52. The second-order valence-electron chi connectivity index (χ2n) is 11.0. The van der Waals surface area contributed by atoms with E-state index in [9.17, 15) is 37.7 Å². The molecule has 1 heterocycles. The minimum atomic E-state index is -4.13. The number of imide groups is 1. The third-order valence-electron chi connectivity index (χ3n) is 8.23. The average molecular weight is 616 g/mol. The summed E-state index contributed by atoms with van der Waals surface area (Å²) < 4.78 is 30.5. The van der Waals surface area contributed by atoms with Gasteiger partial charge in [0.1, 0.15) is 17.2 Å². The highest BCUT2D eigenvalue weighted by Gasteiger charge is 2.61. The van der Waals surface area contributed by atoms with Gasteiger partial charge in [-0.2, -0.15) is 13.4 Å². The Morgan fingerprint density at radius 2 is 1.43 bits per heavy atom. The highest BCUT2D eigenvalue weighted by Crippen LogP contribution is 2.52. The highest BCUT2D eigenvalue weighted by molar-refractivity contribution is 7.87. The van der Waals surface area contributed by atoms with E-state index in [1.807, 2.05) is 19.1 Å². The number of amides is 3. The smallest absolute Gasteiger partial charge is 0.339 e. The van der Waals surface area contributed by atoms with Crippen LogP contribution in [0.15, 0.2) is 89.8 Å². The molecule has 13 heteroatoms. The Morgan fingerprint density at radius 1 is 0.886 bits per heavy atom. The van der Waals surface area contributed by atoms with E-state index in [1.165, 1.54) is 48.5 Å². The number of carbonyl (C=O) groups excluding carboxylic acids is 4. The van der Waals surface area contributed by atoms with Crippen LogP contribution in [0.4, 0.5) is 5.69 Å². The number of carbonyl (C=O) groups is 4. The Labute approximate surface area is 251 Å². The van der Waals surface area contributed by atoms with E-state index in [0.29, 0.717) is 6.42 Å². The maximum atomic E-state index is 13.7. The molecule has 3 amide bonds. The number of nitrogens with zero attached hydrogens (tertiary/aromatic N) is 3. The molecule has 0 radical (unpaired) electrons. The van der Waals surface area contributed by atoms with Gasteiger partial charge in [0, 0.05) is 23.3 Å². The van der Waals surface area contributed by atoms with Gasteiger partial charge in [-0.05, 0) is 73.7 Å². The predicted molar refractivity (Wildman–Crippen MR) is 153 cm³/mol. The molecule has 44 heavy (non-hydrogen) atoms. The van der Waals surface area contributed by atoms with Gasteiger partial charge in [-0.1, -0.05) is 29.8 Å². The molecule has 1 saturated carbocycles.